The zero-order chi connectivity index (χ0) is 9.10. The van der Waals surface area contributed by atoms with Gasteiger partial charge in [-0.2, -0.15) is 0 Å². The quantitative estimate of drug-likeness (QED) is 0.794. The van der Waals surface area contributed by atoms with E-state index in [0.717, 1.165) is 18.8 Å². The van der Waals surface area contributed by atoms with Crippen molar-refractivity contribution in [2.45, 2.75) is 12.8 Å². The number of rotatable bonds is 3. The fourth-order valence-electron chi connectivity index (χ4n) is 1.44. The summed E-state index contributed by atoms with van der Waals surface area (Å²) in [5.41, 5.74) is 1.84. The Labute approximate surface area is 81.3 Å². The van der Waals surface area contributed by atoms with Gasteiger partial charge in [0.2, 0.25) is 0 Å². The summed E-state index contributed by atoms with van der Waals surface area (Å²) in [6, 6.07) is 0. The molecule has 0 aliphatic carbocycles. The third-order valence-corrected chi connectivity index (χ3v) is 2.93. The van der Waals surface area contributed by atoms with Crippen molar-refractivity contribution in [2.75, 3.05) is 18.1 Å². The Morgan fingerprint density at radius 2 is 2.54 bits per heavy atom. The van der Waals surface area contributed by atoms with Gasteiger partial charge >= 0.3 is 0 Å². The standard InChI is InChI=1S/C9H12N2OS/c12-6-3-8-9(10-7-13-8)11-4-1-2-5-11/h1,4,7,12H,2-3,5-6H2. The van der Waals surface area contributed by atoms with E-state index in [1.54, 1.807) is 11.3 Å². The summed E-state index contributed by atoms with van der Waals surface area (Å²) in [5.74, 6) is 1.02. The second-order valence-electron chi connectivity index (χ2n) is 2.94. The fourth-order valence-corrected chi connectivity index (χ4v) is 2.20. The highest BCUT2D eigenvalue weighted by molar-refractivity contribution is 7.10. The van der Waals surface area contributed by atoms with Crippen LogP contribution in [-0.2, 0) is 6.42 Å². The van der Waals surface area contributed by atoms with E-state index in [-0.39, 0.29) is 6.61 Å². The molecule has 1 aliphatic rings. The molecule has 1 N–H and O–H groups in total. The molecule has 4 heteroatoms. The number of hydrogen-bond acceptors (Lipinski definition) is 4. The average molecular weight is 196 g/mol. The number of hydrogen-bond donors (Lipinski definition) is 1. The molecular formula is C9H12N2OS. The minimum absolute atomic E-state index is 0.201. The number of aliphatic hydroxyl groups excluding tert-OH is 1. The van der Waals surface area contributed by atoms with Crippen LogP contribution in [0.2, 0.25) is 0 Å². The van der Waals surface area contributed by atoms with Gasteiger partial charge in [-0.05, 0) is 6.42 Å². The van der Waals surface area contributed by atoms with Gasteiger partial charge in [-0.3, -0.25) is 0 Å². The van der Waals surface area contributed by atoms with Gasteiger partial charge in [-0.15, -0.1) is 11.3 Å². The molecule has 0 amide bonds. The number of nitrogens with zero attached hydrogens (tertiary/aromatic N) is 2. The lowest BCUT2D eigenvalue weighted by Crippen LogP contribution is -2.14. The van der Waals surface area contributed by atoms with E-state index < -0.39 is 0 Å². The summed E-state index contributed by atoms with van der Waals surface area (Å²) in [4.78, 5) is 7.61. The first-order chi connectivity index (χ1) is 6.42. The highest BCUT2D eigenvalue weighted by Crippen LogP contribution is 2.25. The van der Waals surface area contributed by atoms with Gasteiger partial charge in [0.25, 0.3) is 0 Å². The van der Waals surface area contributed by atoms with Crippen LogP contribution in [0.15, 0.2) is 17.8 Å². The normalized spacial score (nSPS) is 15.6. The highest BCUT2D eigenvalue weighted by atomic mass is 32.1. The van der Waals surface area contributed by atoms with E-state index in [4.69, 9.17) is 5.11 Å². The second-order valence-corrected chi connectivity index (χ2v) is 3.88. The summed E-state index contributed by atoms with van der Waals surface area (Å²) in [6.07, 6.45) is 6.01. The van der Waals surface area contributed by atoms with E-state index in [9.17, 15) is 0 Å². The number of thiazole rings is 1. The van der Waals surface area contributed by atoms with Crippen molar-refractivity contribution >= 4 is 17.2 Å². The lowest BCUT2D eigenvalue weighted by Gasteiger charge is -2.13. The third kappa shape index (κ3) is 1.73. The predicted octanol–water partition coefficient (Wildman–Crippen LogP) is 1.40. The minimum Gasteiger partial charge on any atom is -0.396 e. The van der Waals surface area contributed by atoms with Gasteiger partial charge in [0, 0.05) is 25.8 Å². The van der Waals surface area contributed by atoms with E-state index in [1.807, 2.05) is 5.51 Å². The lowest BCUT2D eigenvalue weighted by molar-refractivity contribution is 0.300. The molecule has 3 nitrogen and oxygen atoms in total. The first-order valence-corrected chi connectivity index (χ1v) is 5.26. The molecule has 0 radical (unpaired) electrons. The zero-order valence-electron chi connectivity index (χ0n) is 7.31. The summed E-state index contributed by atoms with van der Waals surface area (Å²) < 4.78 is 0. The molecule has 0 bridgehead atoms. The van der Waals surface area contributed by atoms with E-state index in [2.05, 4.69) is 22.2 Å². The summed E-state index contributed by atoms with van der Waals surface area (Å²) >= 11 is 1.61. The Balaban J connectivity index is 2.18. The van der Waals surface area contributed by atoms with Crippen LogP contribution >= 0.6 is 11.3 Å². The first-order valence-electron chi connectivity index (χ1n) is 4.38. The van der Waals surface area contributed by atoms with Crippen LogP contribution in [0.25, 0.3) is 0 Å². The molecule has 0 saturated carbocycles. The van der Waals surface area contributed by atoms with Crippen molar-refractivity contribution in [3.63, 3.8) is 0 Å². The Morgan fingerprint density at radius 3 is 3.23 bits per heavy atom. The molecule has 0 aromatic carbocycles. The molecule has 0 spiro atoms. The smallest absolute Gasteiger partial charge is 0.146 e. The van der Waals surface area contributed by atoms with Gasteiger partial charge in [0.05, 0.1) is 10.4 Å². The van der Waals surface area contributed by atoms with Crippen molar-refractivity contribution in [2.24, 2.45) is 0 Å². The predicted molar refractivity (Wildman–Crippen MR) is 54.0 cm³/mol. The molecule has 13 heavy (non-hydrogen) atoms. The topological polar surface area (TPSA) is 36.4 Å². The van der Waals surface area contributed by atoms with Gasteiger partial charge in [-0.25, -0.2) is 4.98 Å². The maximum Gasteiger partial charge on any atom is 0.146 e. The van der Waals surface area contributed by atoms with Crippen molar-refractivity contribution in [3.8, 4) is 0 Å². The third-order valence-electron chi connectivity index (χ3n) is 2.05. The molecule has 1 aromatic rings. The van der Waals surface area contributed by atoms with Gasteiger partial charge in [-0.1, -0.05) is 6.08 Å². The van der Waals surface area contributed by atoms with Crippen LogP contribution in [0.4, 0.5) is 5.82 Å². The van der Waals surface area contributed by atoms with Crippen molar-refractivity contribution < 1.29 is 5.11 Å². The Kier molecular flexibility index (Phi) is 2.61. The molecular weight excluding hydrogens is 184 g/mol. The number of aromatic nitrogens is 1. The van der Waals surface area contributed by atoms with Gasteiger partial charge in [0.1, 0.15) is 5.82 Å². The van der Waals surface area contributed by atoms with Crippen LogP contribution in [0.1, 0.15) is 11.3 Å². The molecule has 0 fully saturated rings. The average Bonchev–Trinajstić information content (AvgIpc) is 2.71. The summed E-state index contributed by atoms with van der Waals surface area (Å²) in [6.45, 7) is 1.22. The maximum atomic E-state index is 8.85. The molecule has 70 valence electrons. The van der Waals surface area contributed by atoms with Crippen LogP contribution in [0.5, 0.6) is 0 Å². The van der Waals surface area contributed by atoms with Crippen molar-refractivity contribution in [1.82, 2.24) is 4.98 Å². The van der Waals surface area contributed by atoms with E-state index in [1.165, 1.54) is 4.88 Å². The second kappa shape index (κ2) is 3.89. The minimum atomic E-state index is 0.201. The first kappa shape index (κ1) is 8.72. The van der Waals surface area contributed by atoms with E-state index >= 15 is 0 Å². The van der Waals surface area contributed by atoms with Crippen LogP contribution < -0.4 is 4.90 Å². The van der Waals surface area contributed by atoms with Crippen molar-refractivity contribution in [3.05, 3.63) is 22.7 Å². The summed E-state index contributed by atoms with van der Waals surface area (Å²) in [7, 11) is 0. The molecule has 2 rings (SSSR count). The molecule has 0 atom stereocenters. The number of anilines is 1. The van der Waals surface area contributed by atoms with Crippen molar-refractivity contribution in [1.29, 1.82) is 0 Å². The summed E-state index contributed by atoms with van der Waals surface area (Å²) in [5, 5.41) is 8.85. The van der Waals surface area contributed by atoms with E-state index in [0.29, 0.717) is 6.42 Å². The Morgan fingerprint density at radius 1 is 1.62 bits per heavy atom. The Bertz CT molecular complexity index is 308. The van der Waals surface area contributed by atoms with Crippen LogP contribution in [-0.4, -0.2) is 23.2 Å². The maximum absolute atomic E-state index is 8.85. The molecule has 1 aromatic heterocycles. The lowest BCUT2D eigenvalue weighted by atomic mass is 10.3. The molecule has 0 unspecified atom stereocenters. The number of aliphatic hydroxyl groups is 1. The van der Waals surface area contributed by atoms with Crippen LogP contribution in [0, 0.1) is 0 Å². The SMILES string of the molecule is OCCc1scnc1N1C=CCC1. The molecule has 0 saturated heterocycles. The fraction of sp³-hybridized carbons (Fsp3) is 0.444. The van der Waals surface area contributed by atoms with Crippen LogP contribution in [0.3, 0.4) is 0 Å². The monoisotopic (exact) mass is 196 g/mol. The molecule has 2 heterocycles. The molecule has 1 aliphatic heterocycles. The highest BCUT2D eigenvalue weighted by Gasteiger charge is 2.13. The Hall–Kier alpha value is -0.870. The van der Waals surface area contributed by atoms with Gasteiger partial charge < -0.3 is 10.0 Å². The zero-order valence-corrected chi connectivity index (χ0v) is 8.13. The largest absolute Gasteiger partial charge is 0.396 e. The van der Waals surface area contributed by atoms with Gasteiger partial charge in [0.15, 0.2) is 0 Å².